The third kappa shape index (κ3) is 3.43. The van der Waals surface area contributed by atoms with Crippen molar-refractivity contribution in [3.8, 4) is 0 Å². The molecule has 5 aliphatic rings. The van der Waals surface area contributed by atoms with Crippen LogP contribution in [0.4, 0.5) is 0 Å². The standard InChI is InChI=1S/C33H44O7/c1-8-18(2)29(36)40-24-15-25(39-19(3)34)33(7)23-11-13-30(4)21(20-12-14-37-16-20)9-10-22(30)32(23,6)28(35)26-27(33)31(24,5)17-38-26/h8,10,12,14,16,21,23-28,35H,9,11,13,15,17H2,1-7H3/t21-,23-,24+,25-,26+,27-,28+,30-,31+,32-,33-/m0/s1. The van der Waals surface area contributed by atoms with Gasteiger partial charge in [0.05, 0.1) is 31.3 Å². The van der Waals surface area contributed by atoms with Gasteiger partial charge in [-0.15, -0.1) is 0 Å². The van der Waals surface area contributed by atoms with Gasteiger partial charge in [-0.2, -0.15) is 0 Å². The van der Waals surface area contributed by atoms with Crippen molar-refractivity contribution in [1.82, 2.24) is 0 Å². The van der Waals surface area contributed by atoms with Crippen molar-refractivity contribution in [3.63, 3.8) is 0 Å². The molecule has 0 unspecified atom stereocenters. The van der Waals surface area contributed by atoms with Crippen LogP contribution in [0.5, 0.6) is 0 Å². The molecule has 6 rings (SSSR count). The first-order valence-corrected chi connectivity index (χ1v) is 14.9. The summed E-state index contributed by atoms with van der Waals surface area (Å²) in [6.45, 7) is 14.3. The highest BCUT2D eigenvalue weighted by atomic mass is 16.6. The molecule has 1 aromatic heterocycles. The summed E-state index contributed by atoms with van der Waals surface area (Å²) in [4.78, 5) is 25.5. The molecule has 7 nitrogen and oxygen atoms in total. The zero-order valence-corrected chi connectivity index (χ0v) is 24.9. The quantitative estimate of drug-likeness (QED) is 0.289. The number of rotatable bonds is 4. The number of ether oxygens (including phenoxy) is 3. The van der Waals surface area contributed by atoms with E-state index in [9.17, 15) is 14.7 Å². The zero-order valence-electron chi connectivity index (χ0n) is 24.9. The minimum atomic E-state index is -0.740. The highest BCUT2D eigenvalue weighted by molar-refractivity contribution is 5.87. The molecule has 0 aromatic carbocycles. The van der Waals surface area contributed by atoms with E-state index in [1.54, 1.807) is 19.3 Å². The summed E-state index contributed by atoms with van der Waals surface area (Å²) in [6, 6.07) is 2.07. The average molecular weight is 553 g/mol. The Kier molecular flexibility index (Phi) is 6.29. The van der Waals surface area contributed by atoms with Gasteiger partial charge in [-0.05, 0) is 62.0 Å². The fourth-order valence-electron chi connectivity index (χ4n) is 10.4. The number of furan rings is 1. The fourth-order valence-corrected chi connectivity index (χ4v) is 10.4. The molecule has 1 aliphatic heterocycles. The topological polar surface area (TPSA) is 95.2 Å². The lowest BCUT2D eigenvalue weighted by atomic mass is 9.36. The Morgan fingerprint density at radius 1 is 1.12 bits per heavy atom. The van der Waals surface area contributed by atoms with Crippen LogP contribution in [0.25, 0.3) is 0 Å². The van der Waals surface area contributed by atoms with Crippen LogP contribution in [0.15, 0.2) is 46.3 Å². The van der Waals surface area contributed by atoms with Crippen molar-refractivity contribution in [2.24, 2.45) is 33.5 Å². The molecule has 0 spiro atoms. The molecule has 11 atom stereocenters. The van der Waals surface area contributed by atoms with Gasteiger partial charge in [0.25, 0.3) is 0 Å². The van der Waals surface area contributed by atoms with Gasteiger partial charge in [0, 0.05) is 41.1 Å². The van der Waals surface area contributed by atoms with E-state index in [1.807, 2.05) is 13.2 Å². The minimum Gasteiger partial charge on any atom is -0.472 e. The number of aliphatic hydroxyl groups is 1. The highest BCUT2D eigenvalue weighted by Gasteiger charge is 2.77. The second-order valence-electron chi connectivity index (χ2n) is 14.0. The normalized spacial score (nSPS) is 47.5. The summed E-state index contributed by atoms with van der Waals surface area (Å²) in [7, 11) is 0. The Hall–Kier alpha value is -2.38. The predicted molar refractivity (Wildman–Crippen MR) is 148 cm³/mol. The van der Waals surface area contributed by atoms with Crippen molar-refractivity contribution < 1.29 is 33.3 Å². The first-order chi connectivity index (χ1) is 18.8. The maximum atomic E-state index is 13.0. The lowest BCUT2D eigenvalue weighted by Gasteiger charge is -2.69. The number of fused-ring (bicyclic) bond motifs is 4. The number of carbonyl (C=O) groups excluding carboxylic acids is 2. The SMILES string of the molecule is CC=C(C)C(=O)O[C@@H]1C[C@H](OC(C)=O)[C@@]2(C)[C@H]3[C@@H](OC[C@]13C)[C@@H](O)[C@@]1(C)C3=CC[C@@H](c4ccoc4)[C@]3(C)CC[C@@H]12. The summed E-state index contributed by atoms with van der Waals surface area (Å²) in [5.74, 6) is -0.503. The van der Waals surface area contributed by atoms with E-state index in [1.165, 1.54) is 18.1 Å². The second-order valence-corrected chi connectivity index (χ2v) is 14.0. The molecule has 3 saturated carbocycles. The third-order valence-electron chi connectivity index (χ3n) is 12.3. The third-order valence-corrected chi connectivity index (χ3v) is 12.3. The molecule has 2 heterocycles. The van der Waals surface area contributed by atoms with Crippen molar-refractivity contribution in [2.75, 3.05) is 6.61 Å². The number of carbonyl (C=O) groups is 2. The van der Waals surface area contributed by atoms with Crippen LogP contribution < -0.4 is 0 Å². The molecule has 40 heavy (non-hydrogen) atoms. The number of allylic oxidation sites excluding steroid dienone is 2. The van der Waals surface area contributed by atoms with Gasteiger partial charge in [-0.1, -0.05) is 45.4 Å². The highest BCUT2D eigenvalue weighted by Crippen LogP contribution is 2.75. The van der Waals surface area contributed by atoms with Gasteiger partial charge in [0.1, 0.15) is 12.2 Å². The second kappa shape index (κ2) is 9.06. The fraction of sp³-hybridized carbons (Fsp3) is 0.697. The first-order valence-electron chi connectivity index (χ1n) is 14.9. The molecule has 1 saturated heterocycles. The van der Waals surface area contributed by atoms with Crippen LogP contribution in [0.3, 0.4) is 0 Å². The molecule has 218 valence electrons. The Balaban J connectivity index is 1.45. The average Bonchev–Trinajstić information content (AvgIpc) is 3.63. The summed E-state index contributed by atoms with van der Waals surface area (Å²) >= 11 is 0. The van der Waals surface area contributed by atoms with Gasteiger partial charge < -0.3 is 23.7 Å². The van der Waals surface area contributed by atoms with Gasteiger partial charge >= 0.3 is 11.9 Å². The largest absolute Gasteiger partial charge is 0.472 e. The summed E-state index contributed by atoms with van der Waals surface area (Å²) in [5.41, 5.74) is 1.36. The monoisotopic (exact) mass is 552 g/mol. The lowest BCUT2D eigenvalue weighted by Crippen LogP contribution is -2.73. The molecule has 0 amide bonds. The van der Waals surface area contributed by atoms with Crippen LogP contribution in [-0.4, -0.2) is 48.1 Å². The molecular formula is C33H44O7. The van der Waals surface area contributed by atoms with Crippen molar-refractivity contribution in [2.45, 2.75) is 104 Å². The molecule has 0 radical (unpaired) electrons. The van der Waals surface area contributed by atoms with Crippen LogP contribution >= 0.6 is 0 Å². The first kappa shape index (κ1) is 27.8. The number of hydrogen-bond donors (Lipinski definition) is 1. The molecule has 4 aliphatic carbocycles. The van der Waals surface area contributed by atoms with E-state index < -0.39 is 40.7 Å². The zero-order chi connectivity index (χ0) is 28.8. The Morgan fingerprint density at radius 3 is 2.52 bits per heavy atom. The maximum absolute atomic E-state index is 13.0. The molecule has 1 aromatic rings. The molecule has 4 fully saturated rings. The van der Waals surface area contributed by atoms with E-state index in [0.29, 0.717) is 24.5 Å². The lowest BCUT2D eigenvalue weighted by molar-refractivity contribution is -0.262. The van der Waals surface area contributed by atoms with Gasteiger partial charge in [-0.3, -0.25) is 4.79 Å². The van der Waals surface area contributed by atoms with E-state index in [2.05, 4.69) is 39.8 Å². The number of aliphatic hydroxyl groups excluding tert-OH is 1. The summed E-state index contributed by atoms with van der Waals surface area (Å²) in [6.07, 6.45) is 8.72. The molecular weight excluding hydrogens is 508 g/mol. The smallest absolute Gasteiger partial charge is 0.333 e. The van der Waals surface area contributed by atoms with E-state index in [0.717, 1.165) is 19.3 Å². The van der Waals surface area contributed by atoms with E-state index in [-0.39, 0.29) is 29.2 Å². The molecule has 0 bridgehead atoms. The Labute approximate surface area is 237 Å². The molecule has 7 heteroatoms. The number of hydrogen-bond acceptors (Lipinski definition) is 7. The van der Waals surface area contributed by atoms with Gasteiger partial charge in [0.2, 0.25) is 0 Å². The van der Waals surface area contributed by atoms with Crippen LogP contribution in [-0.2, 0) is 23.8 Å². The summed E-state index contributed by atoms with van der Waals surface area (Å²) in [5, 5.41) is 12.3. The predicted octanol–water partition coefficient (Wildman–Crippen LogP) is 5.73. The van der Waals surface area contributed by atoms with E-state index in [4.69, 9.17) is 18.6 Å². The van der Waals surface area contributed by atoms with Crippen LogP contribution in [0.1, 0.15) is 85.6 Å². The summed E-state index contributed by atoms with van der Waals surface area (Å²) < 4.78 is 24.3. The maximum Gasteiger partial charge on any atom is 0.333 e. The Morgan fingerprint density at radius 2 is 1.88 bits per heavy atom. The van der Waals surface area contributed by atoms with E-state index >= 15 is 0 Å². The van der Waals surface area contributed by atoms with Crippen molar-refractivity contribution >= 4 is 11.9 Å². The van der Waals surface area contributed by atoms with Gasteiger partial charge in [0.15, 0.2) is 0 Å². The molecule has 1 N–H and O–H groups in total. The minimum absolute atomic E-state index is 0.0537. The van der Waals surface area contributed by atoms with Gasteiger partial charge in [-0.25, -0.2) is 4.79 Å². The Bertz CT molecular complexity index is 1260. The van der Waals surface area contributed by atoms with Crippen LogP contribution in [0, 0.1) is 33.5 Å². The number of esters is 2. The van der Waals surface area contributed by atoms with Crippen LogP contribution in [0.2, 0.25) is 0 Å². The van der Waals surface area contributed by atoms with Crippen molar-refractivity contribution in [1.29, 1.82) is 0 Å². The van der Waals surface area contributed by atoms with Crippen molar-refractivity contribution in [3.05, 3.63) is 47.5 Å².